The first-order valence-electron chi connectivity index (χ1n) is 6.20. The van der Waals surface area contributed by atoms with Crippen LogP contribution in [0.3, 0.4) is 0 Å². The molecule has 0 heterocycles. The molecule has 0 bridgehead atoms. The van der Waals surface area contributed by atoms with Crippen LogP contribution in [-0.4, -0.2) is 18.5 Å². The van der Waals surface area contributed by atoms with Crippen LogP contribution in [0.5, 0.6) is 0 Å². The van der Waals surface area contributed by atoms with Gasteiger partial charge >= 0.3 is 0 Å². The van der Waals surface area contributed by atoms with Gasteiger partial charge in [0.15, 0.2) is 5.78 Å². The van der Waals surface area contributed by atoms with Crippen molar-refractivity contribution in [2.24, 2.45) is 5.92 Å². The van der Waals surface area contributed by atoms with Crippen LogP contribution in [0.1, 0.15) is 36.5 Å². The number of benzene rings is 1. The van der Waals surface area contributed by atoms with Gasteiger partial charge in [-0.25, -0.2) is 4.39 Å². The minimum absolute atomic E-state index is 0.0793. The quantitative estimate of drug-likeness (QED) is 0.768. The number of hydrogen-bond acceptors (Lipinski definition) is 2. The number of hydrogen-bond donors (Lipinski definition) is 0. The fourth-order valence-electron chi connectivity index (χ4n) is 2.26. The van der Waals surface area contributed by atoms with Crippen molar-refractivity contribution in [2.75, 3.05) is 6.61 Å². The molecule has 4 heteroatoms. The van der Waals surface area contributed by atoms with Crippen LogP contribution in [0.15, 0.2) is 22.7 Å². The molecule has 0 aliphatic heterocycles. The van der Waals surface area contributed by atoms with Gasteiger partial charge in [0, 0.05) is 18.6 Å². The number of Topliss-reactive ketones (excluding diaryl/α,β-unsaturated/α-hetero) is 1. The van der Waals surface area contributed by atoms with E-state index >= 15 is 0 Å². The minimum atomic E-state index is -0.341. The van der Waals surface area contributed by atoms with Crippen LogP contribution in [0.25, 0.3) is 0 Å². The van der Waals surface area contributed by atoms with E-state index in [4.69, 9.17) is 4.74 Å². The Kier molecular flexibility index (Phi) is 4.51. The average molecular weight is 315 g/mol. The zero-order valence-corrected chi connectivity index (χ0v) is 11.9. The Morgan fingerprint density at radius 2 is 2.22 bits per heavy atom. The molecule has 1 aliphatic rings. The van der Waals surface area contributed by atoms with Crippen LogP contribution in [0.4, 0.5) is 4.39 Å². The lowest BCUT2D eigenvalue weighted by Crippen LogP contribution is -2.32. The summed E-state index contributed by atoms with van der Waals surface area (Å²) >= 11 is 3.09. The van der Waals surface area contributed by atoms with E-state index in [1.165, 1.54) is 6.07 Å². The minimum Gasteiger partial charge on any atom is -0.378 e. The van der Waals surface area contributed by atoms with Crippen LogP contribution in [-0.2, 0) is 4.74 Å². The highest BCUT2D eigenvalue weighted by Crippen LogP contribution is 2.33. The van der Waals surface area contributed by atoms with Crippen LogP contribution in [0.2, 0.25) is 0 Å². The van der Waals surface area contributed by atoms with Crippen molar-refractivity contribution in [3.8, 4) is 0 Å². The monoisotopic (exact) mass is 314 g/mol. The molecule has 0 atom stereocenters. The lowest BCUT2D eigenvalue weighted by Gasteiger charge is -2.34. The molecule has 0 amide bonds. The van der Waals surface area contributed by atoms with Crippen molar-refractivity contribution in [1.29, 1.82) is 0 Å². The summed E-state index contributed by atoms with van der Waals surface area (Å²) in [5, 5.41) is 0. The second kappa shape index (κ2) is 5.93. The maximum atomic E-state index is 13.1. The first-order chi connectivity index (χ1) is 8.60. The third-order valence-electron chi connectivity index (χ3n) is 3.31. The fourth-order valence-corrected chi connectivity index (χ4v) is 2.64. The molecule has 98 valence electrons. The van der Waals surface area contributed by atoms with E-state index in [1.807, 2.05) is 6.92 Å². The van der Waals surface area contributed by atoms with Crippen molar-refractivity contribution in [3.05, 3.63) is 34.1 Å². The highest BCUT2D eigenvalue weighted by molar-refractivity contribution is 9.10. The number of halogens is 2. The second-order valence-corrected chi connectivity index (χ2v) is 5.53. The zero-order valence-electron chi connectivity index (χ0n) is 10.3. The molecule has 0 radical (unpaired) electrons. The van der Waals surface area contributed by atoms with E-state index in [0.29, 0.717) is 28.5 Å². The van der Waals surface area contributed by atoms with Gasteiger partial charge in [-0.2, -0.15) is 0 Å². The predicted octanol–water partition coefficient (Wildman–Crippen LogP) is 3.98. The van der Waals surface area contributed by atoms with Gasteiger partial charge in [-0.3, -0.25) is 4.79 Å². The Labute approximate surface area is 115 Å². The first kappa shape index (κ1) is 13.7. The van der Waals surface area contributed by atoms with Crippen molar-refractivity contribution in [3.63, 3.8) is 0 Å². The van der Waals surface area contributed by atoms with Crippen molar-refractivity contribution in [2.45, 2.75) is 32.3 Å². The van der Waals surface area contributed by atoms with Gasteiger partial charge in [0.05, 0.1) is 10.6 Å². The summed E-state index contributed by atoms with van der Waals surface area (Å²) in [5.41, 5.74) is 0.572. The average Bonchev–Trinajstić information content (AvgIpc) is 2.30. The Bertz CT molecular complexity index is 441. The Balaban J connectivity index is 1.87. The molecule has 1 aromatic carbocycles. The Morgan fingerprint density at radius 3 is 2.83 bits per heavy atom. The van der Waals surface area contributed by atoms with Gasteiger partial charge in [0.2, 0.25) is 0 Å². The van der Waals surface area contributed by atoms with Crippen molar-refractivity contribution >= 4 is 21.7 Å². The summed E-state index contributed by atoms with van der Waals surface area (Å²) in [6, 6.07) is 4.42. The number of carbonyl (C=O) groups is 1. The fraction of sp³-hybridized carbons (Fsp3) is 0.500. The molecular formula is C14H16BrFO2. The molecule has 1 saturated carbocycles. The predicted molar refractivity (Wildman–Crippen MR) is 71.2 cm³/mol. The van der Waals surface area contributed by atoms with Crippen molar-refractivity contribution < 1.29 is 13.9 Å². The van der Waals surface area contributed by atoms with Gasteiger partial charge in [-0.15, -0.1) is 0 Å². The smallest absolute Gasteiger partial charge is 0.163 e. The van der Waals surface area contributed by atoms with Gasteiger partial charge in [-0.1, -0.05) is 0 Å². The molecule has 0 aromatic heterocycles. The highest BCUT2D eigenvalue weighted by Gasteiger charge is 2.31. The number of ether oxygens (including phenoxy) is 1. The third kappa shape index (κ3) is 3.18. The largest absolute Gasteiger partial charge is 0.378 e. The van der Waals surface area contributed by atoms with E-state index in [2.05, 4.69) is 15.9 Å². The van der Waals surface area contributed by atoms with E-state index in [9.17, 15) is 9.18 Å². The molecule has 1 aliphatic carbocycles. The molecule has 18 heavy (non-hydrogen) atoms. The van der Waals surface area contributed by atoms with Crippen LogP contribution in [0, 0.1) is 11.7 Å². The summed E-state index contributed by atoms with van der Waals surface area (Å²) in [4.78, 5) is 12.0. The summed E-state index contributed by atoms with van der Waals surface area (Å²) < 4.78 is 18.9. The van der Waals surface area contributed by atoms with Crippen molar-refractivity contribution in [1.82, 2.24) is 0 Å². The summed E-state index contributed by atoms with van der Waals surface area (Å²) in [5.74, 6) is 0.153. The SMILES string of the molecule is CCOC1CC(CC(=O)c2ccc(F)c(Br)c2)C1. The molecule has 2 nitrogen and oxygen atoms in total. The van der Waals surface area contributed by atoms with E-state index in [0.717, 1.165) is 19.4 Å². The van der Waals surface area contributed by atoms with Gasteiger partial charge in [-0.05, 0) is 59.8 Å². The summed E-state index contributed by atoms with van der Waals surface area (Å²) in [7, 11) is 0. The molecule has 0 spiro atoms. The van der Waals surface area contributed by atoms with E-state index in [-0.39, 0.29) is 11.6 Å². The number of rotatable bonds is 5. The van der Waals surface area contributed by atoms with Gasteiger partial charge < -0.3 is 4.74 Å². The molecule has 0 saturated heterocycles. The highest BCUT2D eigenvalue weighted by atomic mass is 79.9. The lowest BCUT2D eigenvalue weighted by atomic mass is 9.78. The maximum absolute atomic E-state index is 13.1. The zero-order chi connectivity index (χ0) is 13.1. The standard InChI is InChI=1S/C14H16BrFO2/c1-2-18-11-5-9(6-11)7-14(17)10-3-4-13(16)12(15)8-10/h3-4,8-9,11H,2,5-7H2,1H3. The van der Waals surface area contributed by atoms with E-state index < -0.39 is 0 Å². The Hall–Kier alpha value is -0.740. The molecular weight excluding hydrogens is 299 g/mol. The summed E-state index contributed by atoms with van der Waals surface area (Å²) in [6.45, 7) is 2.71. The second-order valence-electron chi connectivity index (χ2n) is 4.67. The molecule has 1 fully saturated rings. The topological polar surface area (TPSA) is 26.3 Å². The van der Waals surface area contributed by atoms with Crippen LogP contribution < -0.4 is 0 Å². The third-order valence-corrected chi connectivity index (χ3v) is 3.92. The van der Waals surface area contributed by atoms with E-state index in [1.54, 1.807) is 12.1 Å². The summed E-state index contributed by atoms with van der Waals surface area (Å²) in [6.07, 6.45) is 2.78. The Morgan fingerprint density at radius 1 is 1.50 bits per heavy atom. The number of ketones is 1. The number of carbonyl (C=O) groups excluding carboxylic acids is 1. The van der Waals surface area contributed by atoms with Gasteiger partial charge in [0.25, 0.3) is 0 Å². The molecule has 2 rings (SSSR count). The maximum Gasteiger partial charge on any atom is 0.163 e. The molecule has 0 N–H and O–H groups in total. The lowest BCUT2D eigenvalue weighted by molar-refractivity contribution is -0.0246. The first-order valence-corrected chi connectivity index (χ1v) is 6.99. The molecule has 0 unspecified atom stereocenters. The normalized spacial score (nSPS) is 22.6. The van der Waals surface area contributed by atoms with Gasteiger partial charge in [0.1, 0.15) is 5.82 Å². The van der Waals surface area contributed by atoms with Crippen LogP contribution >= 0.6 is 15.9 Å². The molecule has 1 aromatic rings.